The van der Waals surface area contributed by atoms with Crippen LogP contribution >= 0.6 is 0 Å². The zero-order valence-electron chi connectivity index (χ0n) is 47.9. The Kier molecular flexibility index (Phi) is 23.8. The lowest BCUT2D eigenvalue weighted by molar-refractivity contribution is -0.280. The summed E-state index contributed by atoms with van der Waals surface area (Å²) in [6, 6.07) is 0. The molecule has 0 aromatic rings. The minimum absolute atomic E-state index is 0.00621. The predicted molar refractivity (Wildman–Crippen MR) is 290 cm³/mol. The van der Waals surface area contributed by atoms with E-state index in [1.165, 1.54) is 7.11 Å². The highest BCUT2D eigenvalue weighted by atomic mass is 28.4. The monoisotopic (exact) mass is 1020 g/mol. The second-order valence-corrected chi connectivity index (χ2v) is 40.0. The highest BCUT2D eigenvalue weighted by molar-refractivity contribution is 6.75. The van der Waals surface area contributed by atoms with Crippen molar-refractivity contribution in [3.8, 4) is 0 Å². The zero-order valence-corrected chi connectivity index (χ0v) is 50.9. The Morgan fingerprint density at radius 3 is 1.93 bits per heavy atom. The van der Waals surface area contributed by atoms with Gasteiger partial charge in [0.1, 0.15) is 12.2 Å². The van der Waals surface area contributed by atoms with Gasteiger partial charge in [0.2, 0.25) is 0 Å². The number of esters is 1. The lowest BCUT2D eigenvalue weighted by atomic mass is 9.91. The quantitative estimate of drug-likeness (QED) is 0.0370. The maximum atomic E-state index is 14.3. The maximum absolute atomic E-state index is 14.3. The summed E-state index contributed by atoms with van der Waals surface area (Å²) in [6.07, 6.45) is 8.93. The average Bonchev–Trinajstić information content (AvgIpc) is 3.67. The molecule has 69 heavy (non-hydrogen) atoms. The largest absolute Gasteiger partial charge is 0.469 e. The number of aliphatic hydroxyl groups is 2. The third kappa shape index (κ3) is 19.5. The Labute approximate surface area is 425 Å². The van der Waals surface area contributed by atoms with Gasteiger partial charge in [0.05, 0.1) is 49.7 Å². The number of methoxy groups -OCH3 is 1. The van der Waals surface area contributed by atoms with E-state index in [2.05, 4.69) is 115 Å². The SMILES string of the molecule is C=C(/C=C/[C@H](O[Si](C)(C)C(C)(C)C)[C@@H](C)C(=O)OC)[C@H](C[C@H](O)[C@H](C)/C=C(\C)C[C@H]1OC(C)(C)O[C@H](CC[C@H](C[C@@H]2CC[C@@H]([C@@H](O)CCCC)O2)O[Si](C)(C)C(C)(C)C)C1=O)O[Si](C)(C)C(C)(C)C. The van der Waals surface area contributed by atoms with Gasteiger partial charge in [-0.05, 0) is 126 Å². The highest BCUT2D eigenvalue weighted by Crippen LogP contribution is 2.42. The summed E-state index contributed by atoms with van der Waals surface area (Å²) in [4.78, 5) is 27.1. The van der Waals surface area contributed by atoms with Crippen LogP contribution in [0.2, 0.25) is 54.4 Å². The fourth-order valence-electron chi connectivity index (χ4n) is 8.25. The summed E-state index contributed by atoms with van der Waals surface area (Å²) in [5.74, 6) is -2.23. The van der Waals surface area contributed by atoms with Gasteiger partial charge in [-0.3, -0.25) is 9.59 Å². The van der Waals surface area contributed by atoms with E-state index in [0.29, 0.717) is 37.7 Å². The first-order chi connectivity index (χ1) is 31.3. The van der Waals surface area contributed by atoms with Gasteiger partial charge in [0, 0.05) is 24.9 Å². The lowest BCUT2D eigenvalue weighted by Gasteiger charge is -2.42. The molecular formula is C55H104O11Si3. The van der Waals surface area contributed by atoms with E-state index in [0.717, 1.165) is 37.7 Å². The van der Waals surface area contributed by atoms with Crippen molar-refractivity contribution in [3.63, 3.8) is 0 Å². The van der Waals surface area contributed by atoms with Gasteiger partial charge in [-0.25, -0.2) is 0 Å². The molecule has 2 saturated heterocycles. The third-order valence-electron chi connectivity index (χ3n) is 16.0. The average molecular weight is 1030 g/mol. The Morgan fingerprint density at radius 2 is 1.39 bits per heavy atom. The summed E-state index contributed by atoms with van der Waals surface area (Å²) in [6.45, 7) is 49.2. The second kappa shape index (κ2) is 25.8. The van der Waals surface area contributed by atoms with Crippen LogP contribution in [-0.4, -0.2) is 115 Å². The van der Waals surface area contributed by atoms with E-state index in [4.69, 9.17) is 32.2 Å². The molecule has 0 aromatic carbocycles. The first-order valence-electron chi connectivity index (χ1n) is 26.3. The van der Waals surface area contributed by atoms with Crippen molar-refractivity contribution in [2.45, 2.75) is 283 Å². The van der Waals surface area contributed by atoms with Crippen molar-refractivity contribution in [2.75, 3.05) is 7.11 Å². The van der Waals surface area contributed by atoms with Crippen LogP contribution in [0.15, 0.2) is 36.0 Å². The van der Waals surface area contributed by atoms with E-state index in [-0.39, 0.29) is 51.1 Å². The Bertz CT molecular complexity index is 1700. The first kappa shape index (κ1) is 63.8. The van der Waals surface area contributed by atoms with E-state index in [9.17, 15) is 19.8 Å². The number of rotatable bonds is 26. The van der Waals surface area contributed by atoms with Gasteiger partial charge >= 0.3 is 5.97 Å². The molecule has 0 saturated carbocycles. The molecule has 0 bridgehead atoms. The fourth-order valence-corrected chi connectivity index (χ4v) is 12.3. The normalized spacial score (nSPS) is 24.5. The molecule has 2 aliphatic rings. The Morgan fingerprint density at radius 1 is 0.855 bits per heavy atom. The summed E-state index contributed by atoms with van der Waals surface area (Å²) in [7, 11) is -5.42. The smallest absolute Gasteiger partial charge is 0.311 e. The molecule has 0 spiro atoms. The predicted octanol–water partition coefficient (Wildman–Crippen LogP) is 13.2. The minimum Gasteiger partial charge on any atom is -0.469 e. The van der Waals surface area contributed by atoms with Crippen molar-refractivity contribution in [1.29, 1.82) is 0 Å². The number of aliphatic hydroxyl groups excluding tert-OH is 2. The molecule has 2 N–H and O–H groups in total. The summed E-state index contributed by atoms with van der Waals surface area (Å²) >= 11 is 0. The number of Topliss-reactive ketones (excluding diaryl/α,β-unsaturated/α-hetero) is 1. The summed E-state index contributed by atoms with van der Waals surface area (Å²) in [5.41, 5.74) is 1.63. The molecular weight excluding hydrogens is 921 g/mol. The third-order valence-corrected chi connectivity index (χ3v) is 29.5. The number of ether oxygens (including phenoxy) is 4. The number of hydrogen-bond donors (Lipinski definition) is 2. The Balaban J connectivity index is 2.32. The van der Waals surface area contributed by atoms with E-state index in [1.54, 1.807) is 0 Å². The first-order valence-corrected chi connectivity index (χ1v) is 35.1. The van der Waals surface area contributed by atoms with Crippen LogP contribution in [0.4, 0.5) is 0 Å². The van der Waals surface area contributed by atoms with Crippen molar-refractivity contribution in [2.24, 2.45) is 11.8 Å². The van der Waals surface area contributed by atoms with Crippen molar-refractivity contribution in [1.82, 2.24) is 0 Å². The maximum Gasteiger partial charge on any atom is 0.311 e. The number of unbranched alkanes of at least 4 members (excludes halogenated alkanes) is 1. The van der Waals surface area contributed by atoms with Gasteiger partial charge in [-0.2, -0.15) is 0 Å². The Hall–Kier alpha value is -1.31. The fraction of sp³-hybridized carbons (Fsp3) is 0.855. The molecule has 2 fully saturated rings. The zero-order chi connectivity index (χ0) is 53.3. The lowest BCUT2D eigenvalue weighted by Crippen LogP contribution is -2.52. The summed E-state index contributed by atoms with van der Waals surface area (Å²) < 4.78 is 45.1. The van der Waals surface area contributed by atoms with Gasteiger partial charge in [0.25, 0.3) is 0 Å². The van der Waals surface area contributed by atoms with Crippen LogP contribution in [0.25, 0.3) is 0 Å². The molecule has 0 aromatic heterocycles. The van der Waals surface area contributed by atoms with Gasteiger partial charge in [0.15, 0.2) is 36.5 Å². The topological polar surface area (TPSA) is 139 Å². The number of carbonyl (C=O) groups excluding carboxylic acids is 2. The van der Waals surface area contributed by atoms with Crippen LogP contribution in [0.3, 0.4) is 0 Å². The summed E-state index contributed by atoms with van der Waals surface area (Å²) in [5, 5.41) is 22.6. The molecule has 11 atom stereocenters. The van der Waals surface area contributed by atoms with Crippen LogP contribution in [0.5, 0.6) is 0 Å². The standard InChI is InChI=1S/C55H104O11Si3/c1-24-25-26-43(56)46-31-28-41(61-46)35-42(64-67(18,19)52(6,7)8)29-32-47-50(58)49(63-55(15,16)62-47)34-37(2)33-39(4)44(57)36-48(66-69(22,23)54(12,13)14)38(3)27-30-45(40(5)51(59)60-17)65-68(20,21)53(9,10)11/h27,30,33,39-49,56-57H,3,24-26,28-29,31-32,34-36H2,1-2,4-23H3/b30-27+,37-33+/t39-,40-,41+,42-,43+,44+,45+,46+,47-,48+,49-/m1/s1. The molecule has 0 amide bonds. The molecule has 14 heteroatoms. The number of hydrogen-bond acceptors (Lipinski definition) is 11. The van der Waals surface area contributed by atoms with Crippen LogP contribution in [0.1, 0.15) is 168 Å². The van der Waals surface area contributed by atoms with Gasteiger partial charge in [-0.1, -0.05) is 119 Å². The molecule has 2 aliphatic heterocycles. The van der Waals surface area contributed by atoms with Crippen molar-refractivity contribution < 1.29 is 52.0 Å². The second-order valence-electron chi connectivity index (χ2n) is 25.7. The van der Waals surface area contributed by atoms with E-state index in [1.807, 2.05) is 52.8 Å². The van der Waals surface area contributed by atoms with Crippen LogP contribution in [-0.2, 0) is 41.8 Å². The van der Waals surface area contributed by atoms with Crippen molar-refractivity contribution in [3.05, 3.63) is 36.0 Å². The highest BCUT2D eigenvalue weighted by Gasteiger charge is 2.46. The molecule has 0 radical (unpaired) electrons. The van der Waals surface area contributed by atoms with E-state index < -0.39 is 73.3 Å². The molecule has 2 rings (SSSR count). The number of ketones is 1. The van der Waals surface area contributed by atoms with Crippen LogP contribution in [0, 0.1) is 11.8 Å². The van der Waals surface area contributed by atoms with Crippen LogP contribution < -0.4 is 0 Å². The van der Waals surface area contributed by atoms with Gasteiger partial charge < -0.3 is 42.4 Å². The minimum atomic E-state index is -2.35. The number of carbonyl (C=O) groups is 2. The molecule has 0 unspecified atom stereocenters. The van der Waals surface area contributed by atoms with Crippen molar-refractivity contribution >= 4 is 36.7 Å². The molecule has 0 aliphatic carbocycles. The van der Waals surface area contributed by atoms with E-state index >= 15 is 0 Å². The molecule has 402 valence electrons. The van der Waals surface area contributed by atoms with Gasteiger partial charge in [-0.15, -0.1) is 0 Å². The molecule has 2 heterocycles. The molecule has 11 nitrogen and oxygen atoms in total.